The van der Waals surface area contributed by atoms with Crippen LogP contribution in [0.5, 0.6) is 0 Å². The summed E-state index contributed by atoms with van der Waals surface area (Å²) in [4.78, 5) is 12.0. The smallest absolute Gasteiger partial charge is 0.401 e. The second-order valence-corrected chi connectivity index (χ2v) is 5.01. The highest BCUT2D eigenvalue weighted by atomic mass is 16.5. The quantitative estimate of drug-likeness (QED) is 0.439. The Balaban J connectivity index is 2.54. The van der Waals surface area contributed by atoms with E-state index in [2.05, 4.69) is 0 Å². The molecule has 1 fully saturated rings. The van der Waals surface area contributed by atoms with Gasteiger partial charge in [-0.1, -0.05) is 0 Å². The van der Waals surface area contributed by atoms with E-state index in [1.807, 2.05) is 6.92 Å². The lowest BCUT2D eigenvalue weighted by Gasteiger charge is -2.18. The van der Waals surface area contributed by atoms with E-state index in [1.54, 1.807) is 13.8 Å². The topological polar surface area (TPSA) is 46.1 Å². The molecule has 0 N–H and O–H groups in total. The summed E-state index contributed by atoms with van der Waals surface area (Å²) in [6.45, 7) is 5.29. The van der Waals surface area contributed by atoms with Crippen LogP contribution in [0.4, 0.5) is 0 Å². The molecule has 4 nitrogen and oxygen atoms in total. The molecule has 4 heteroatoms. The van der Waals surface area contributed by atoms with E-state index in [4.69, 9.17) is 0 Å². The lowest BCUT2D eigenvalue weighted by atomic mass is 9.82. The minimum Gasteiger partial charge on any atom is -0.619 e. The van der Waals surface area contributed by atoms with Crippen LogP contribution in [0.15, 0.2) is 0 Å². The van der Waals surface area contributed by atoms with Crippen molar-refractivity contribution in [3.8, 4) is 0 Å². The van der Waals surface area contributed by atoms with Crippen LogP contribution < -0.4 is 0 Å². The van der Waals surface area contributed by atoms with Gasteiger partial charge < -0.3 is 5.21 Å². The summed E-state index contributed by atoms with van der Waals surface area (Å²) >= 11 is 0. The molecule has 1 atom stereocenters. The Morgan fingerprint density at radius 3 is 2.50 bits per heavy atom. The van der Waals surface area contributed by atoms with Crippen LogP contribution >= 0.6 is 0 Å². The molecule has 0 amide bonds. The number of fused-ring (bicyclic) bond motifs is 1. The average Bonchev–Trinajstić information content (AvgIpc) is 2.27. The first-order chi connectivity index (χ1) is 6.40. The van der Waals surface area contributed by atoms with E-state index in [0.29, 0.717) is 0 Å². The second kappa shape index (κ2) is 2.55. The molecule has 1 unspecified atom stereocenters. The van der Waals surface area contributed by atoms with Crippen molar-refractivity contribution >= 4 is 5.71 Å². The molecule has 1 saturated carbocycles. The van der Waals surface area contributed by atoms with E-state index in [1.165, 1.54) is 0 Å². The van der Waals surface area contributed by atoms with E-state index in [-0.39, 0.29) is 0 Å². The fourth-order valence-corrected chi connectivity index (χ4v) is 2.73. The minimum atomic E-state index is -0.922. The molecule has 0 aromatic heterocycles. The van der Waals surface area contributed by atoms with Gasteiger partial charge in [-0.15, -0.1) is 4.74 Å². The molecule has 78 valence electrons. The molecule has 2 aliphatic rings. The molecule has 1 heterocycles. The van der Waals surface area contributed by atoms with Gasteiger partial charge in [0.25, 0.3) is 5.54 Å². The summed E-state index contributed by atoms with van der Waals surface area (Å²) in [6, 6.07) is 0. The fourth-order valence-electron chi connectivity index (χ4n) is 2.73. The lowest BCUT2D eigenvalue weighted by Crippen LogP contribution is -2.47. The van der Waals surface area contributed by atoms with E-state index in [9.17, 15) is 10.1 Å². The Morgan fingerprint density at radius 2 is 1.93 bits per heavy atom. The third kappa shape index (κ3) is 0.913. The number of hydrogen-bond donors (Lipinski definition) is 0. The van der Waals surface area contributed by atoms with Crippen LogP contribution in [0.25, 0.3) is 0 Å². The van der Waals surface area contributed by atoms with Gasteiger partial charge >= 0.3 is 5.66 Å². The predicted molar refractivity (Wildman–Crippen MR) is 53.2 cm³/mol. The lowest BCUT2D eigenvalue weighted by molar-refractivity contribution is -0.798. The Labute approximate surface area is 83.8 Å². The standard InChI is InChI=1S/C10H17N2O2/c1-9(2)11(13)8-6-4-5-7-10(8,3)12(9)14/h4-7H2,1-3H3/q+1. The van der Waals surface area contributed by atoms with Gasteiger partial charge in [0.05, 0.1) is 18.6 Å². The molecule has 0 radical (unpaired) electrons. The second-order valence-electron chi connectivity index (χ2n) is 5.01. The first kappa shape index (κ1) is 9.62. The fraction of sp³-hybridized carbons (Fsp3) is 0.900. The Morgan fingerprint density at radius 1 is 1.29 bits per heavy atom. The van der Waals surface area contributed by atoms with Gasteiger partial charge in [0, 0.05) is 24.7 Å². The van der Waals surface area contributed by atoms with Crippen molar-refractivity contribution in [1.82, 2.24) is 0 Å². The highest BCUT2D eigenvalue weighted by Gasteiger charge is 2.68. The summed E-state index contributed by atoms with van der Waals surface area (Å²) < 4.78 is 1.92. The van der Waals surface area contributed by atoms with Crippen LogP contribution in [0.3, 0.4) is 0 Å². The maximum Gasteiger partial charge on any atom is 0.401 e. The molecular formula is C10H17N2O2+. The van der Waals surface area contributed by atoms with Gasteiger partial charge in [0.1, 0.15) is 0 Å². The van der Waals surface area contributed by atoms with Crippen molar-refractivity contribution < 1.29 is 9.50 Å². The van der Waals surface area contributed by atoms with Crippen LogP contribution in [0.2, 0.25) is 0 Å². The van der Waals surface area contributed by atoms with Gasteiger partial charge in [0.2, 0.25) is 5.71 Å². The normalized spacial score (nSPS) is 36.1. The summed E-state index contributed by atoms with van der Waals surface area (Å²) in [5, 5.41) is 11.9. The van der Waals surface area contributed by atoms with E-state index in [0.717, 1.165) is 40.9 Å². The zero-order valence-electron chi connectivity index (χ0n) is 9.04. The van der Waals surface area contributed by atoms with Crippen LogP contribution in [0.1, 0.15) is 46.5 Å². The summed E-state index contributed by atoms with van der Waals surface area (Å²) in [5.74, 6) is 0. The zero-order valence-corrected chi connectivity index (χ0v) is 9.04. The molecule has 0 aromatic carbocycles. The summed E-state index contributed by atoms with van der Waals surface area (Å²) in [7, 11) is 0. The molecule has 1 aliphatic heterocycles. The van der Waals surface area contributed by atoms with Crippen molar-refractivity contribution in [2.75, 3.05) is 0 Å². The molecule has 14 heavy (non-hydrogen) atoms. The monoisotopic (exact) mass is 197 g/mol. The largest absolute Gasteiger partial charge is 0.619 e. The van der Waals surface area contributed by atoms with Crippen LogP contribution in [-0.4, -0.2) is 26.4 Å². The Hall–Kier alpha value is -0.930. The molecule has 0 aromatic rings. The maximum atomic E-state index is 12.0. The highest BCUT2D eigenvalue weighted by molar-refractivity contribution is 5.89. The van der Waals surface area contributed by atoms with E-state index < -0.39 is 11.2 Å². The third-order valence-corrected chi connectivity index (χ3v) is 3.64. The summed E-state index contributed by atoms with van der Waals surface area (Å²) in [6.07, 6.45) is 3.67. The molecule has 1 aliphatic carbocycles. The molecule has 0 bridgehead atoms. The average molecular weight is 197 g/mol. The van der Waals surface area contributed by atoms with Crippen LogP contribution in [-0.2, 0) is 0 Å². The van der Waals surface area contributed by atoms with E-state index >= 15 is 0 Å². The third-order valence-electron chi connectivity index (χ3n) is 3.64. The molecule has 0 spiro atoms. The van der Waals surface area contributed by atoms with Gasteiger partial charge in [0.15, 0.2) is 0 Å². The van der Waals surface area contributed by atoms with Gasteiger partial charge in [-0.25, -0.2) is 0 Å². The Bertz CT molecular complexity index is 333. The SMILES string of the molecule is CC12CCCCC1=[N+]([O-])C(C)(C)[N+]2=O. The first-order valence-corrected chi connectivity index (χ1v) is 5.22. The van der Waals surface area contributed by atoms with Gasteiger partial charge in [-0.05, 0) is 12.8 Å². The zero-order chi connectivity index (χ0) is 10.6. The van der Waals surface area contributed by atoms with Gasteiger partial charge in [-0.2, -0.15) is 0 Å². The predicted octanol–water partition coefficient (Wildman–Crippen LogP) is 1.80. The summed E-state index contributed by atoms with van der Waals surface area (Å²) in [5.41, 5.74) is -0.679. The molecule has 2 rings (SSSR count). The number of hydroxylamine groups is 1. The molecular weight excluding hydrogens is 180 g/mol. The van der Waals surface area contributed by atoms with Gasteiger partial charge in [-0.3, -0.25) is 0 Å². The number of hydrogen-bond acceptors (Lipinski definition) is 2. The van der Waals surface area contributed by atoms with Crippen molar-refractivity contribution in [1.29, 1.82) is 0 Å². The highest BCUT2D eigenvalue weighted by Crippen LogP contribution is 2.38. The number of nitroso groups, excluding NO2 is 1. The van der Waals surface area contributed by atoms with Crippen molar-refractivity contribution in [3.05, 3.63) is 10.1 Å². The van der Waals surface area contributed by atoms with Crippen molar-refractivity contribution in [2.45, 2.75) is 57.7 Å². The number of rotatable bonds is 0. The maximum absolute atomic E-state index is 12.0. The Kier molecular flexibility index (Phi) is 1.75. The molecule has 0 saturated heterocycles. The first-order valence-electron chi connectivity index (χ1n) is 5.22. The number of nitrogens with zero attached hydrogens (tertiary/aromatic N) is 2. The van der Waals surface area contributed by atoms with Crippen LogP contribution in [0, 0.1) is 10.1 Å². The van der Waals surface area contributed by atoms with Crippen molar-refractivity contribution in [3.63, 3.8) is 0 Å². The van der Waals surface area contributed by atoms with Crippen molar-refractivity contribution in [2.24, 2.45) is 0 Å². The minimum absolute atomic E-state index is 0.538.